The molecule has 1 saturated heterocycles. The Bertz CT molecular complexity index is 185. The van der Waals surface area contributed by atoms with Crippen molar-refractivity contribution in [3.8, 4) is 0 Å². The van der Waals surface area contributed by atoms with Gasteiger partial charge in [0.2, 0.25) is 0 Å². The molecule has 0 aliphatic carbocycles. The minimum atomic E-state index is -0.722. The number of cyclic esters (lactones) is 2. The first-order valence-corrected chi connectivity index (χ1v) is 3.43. The average molecular weight is 154 g/mol. The van der Waals surface area contributed by atoms with Crippen molar-refractivity contribution in [3.05, 3.63) is 24.7 Å². The van der Waals surface area contributed by atoms with Crippen LogP contribution in [-0.2, 0) is 9.47 Å². The standard InChI is InChI=1S/C8H10O3/c1-6-4-3-5-7(2)11-8(9)10-6/h1-5H2. The predicted molar refractivity (Wildman–Crippen MR) is 39.7 cm³/mol. The summed E-state index contributed by atoms with van der Waals surface area (Å²) in [5.41, 5.74) is 0. The van der Waals surface area contributed by atoms with Crippen LogP contribution < -0.4 is 0 Å². The normalized spacial score (nSPS) is 19.8. The summed E-state index contributed by atoms with van der Waals surface area (Å²) in [5.74, 6) is 0.921. The molecule has 0 N–H and O–H groups in total. The van der Waals surface area contributed by atoms with Crippen LogP contribution in [0, 0.1) is 0 Å². The van der Waals surface area contributed by atoms with Crippen molar-refractivity contribution in [2.24, 2.45) is 0 Å². The Balaban J connectivity index is 2.54. The Labute approximate surface area is 65.3 Å². The van der Waals surface area contributed by atoms with Crippen molar-refractivity contribution in [3.63, 3.8) is 0 Å². The molecule has 1 heterocycles. The van der Waals surface area contributed by atoms with E-state index in [0.29, 0.717) is 24.4 Å². The molecule has 0 spiro atoms. The van der Waals surface area contributed by atoms with Crippen molar-refractivity contribution >= 4 is 6.16 Å². The van der Waals surface area contributed by atoms with Crippen LogP contribution in [0.4, 0.5) is 4.79 Å². The van der Waals surface area contributed by atoms with Crippen LogP contribution in [0.3, 0.4) is 0 Å². The highest BCUT2D eigenvalue weighted by molar-refractivity contribution is 5.62. The van der Waals surface area contributed by atoms with E-state index in [2.05, 4.69) is 22.6 Å². The van der Waals surface area contributed by atoms with Crippen LogP contribution in [0.1, 0.15) is 19.3 Å². The van der Waals surface area contributed by atoms with Gasteiger partial charge in [-0.05, 0) is 6.42 Å². The van der Waals surface area contributed by atoms with Gasteiger partial charge in [-0.2, -0.15) is 0 Å². The van der Waals surface area contributed by atoms with E-state index >= 15 is 0 Å². The lowest BCUT2D eigenvalue weighted by Gasteiger charge is -2.12. The molecule has 60 valence electrons. The fourth-order valence-corrected chi connectivity index (χ4v) is 0.841. The average Bonchev–Trinajstić information content (AvgIpc) is 1.83. The van der Waals surface area contributed by atoms with E-state index < -0.39 is 6.16 Å². The first-order valence-electron chi connectivity index (χ1n) is 3.43. The van der Waals surface area contributed by atoms with Gasteiger partial charge in [0.25, 0.3) is 0 Å². The maximum absolute atomic E-state index is 10.7. The van der Waals surface area contributed by atoms with Gasteiger partial charge in [-0.1, -0.05) is 13.2 Å². The Morgan fingerprint density at radius 1 is 1.09 bits per heavy atom. The second-order valence-corrected chi connectivity index (χ2v) is 2.39. The highest BCUT2D eigenvalue weighted by atomic mass is 16.7. The molecule has 0 bridgehead atoms. The second kappa shape index (κ2) is 3.23. The molecule has 1 fully saturated rings. The van der Waals surface area contributed by atoms with E-state index in [1.54, 1.807) is 0 Å². The summed E-state index contributed by atoms with van der Waals surface area (Å²) in [5, 5.41) is 0. The van der Waals surface area contributed by atoms with Crippen LogP contribution in [0.5, 0.6) is 0 Å². The van der Waals surface area contributed by atoms with Crippen LogP contribution in [0.2, 0.25) is 0 Å². The molecule has 11 heavy (non-hydrogen) atoms. The number of ether oxygens (including phenoxy) is 2. The molecule has 3 nitrogen and oxygen atoms in total. The zero-order chi connectivity index (χ0) is 8.27. The fraction of sp³-hybridized carbons (Fsp3) is 0.375. The number of carbonyl (C=O) groups excluding carboxylic acids is 1. The topological polar surface area (TPSA) is 35.5 Å². The minimum absolute atomic E-state index is 0.461. The molecule has 0 unspecified atom stereocenters. The van der Waals surface area contributed by atoms with Crippen LogP contribution in [-0.4, -0.2) is 6.16 Å². The van der Waals surface area contributed by atoms with E-state index in [4.69, 9.17) is 0 Å². The molecular formula is C8H10O3. The largest absolute Gasteiger partial charge is 0.518 e. The summed E-state index contributed by atoms with van der Waals surface area (Å²) in [6.45, 7) is 7.08. The molecule has 3 heteroatoms. The van der Waals surface area contributed by atoms with Crippen molar-refractivity contribution in [2.45, 2.75) is 19.3 Å². The summed E-state index contributed by atoms with van der Waals surface area (Å²) in [6, 6.07) is 0. The van der Waals surface area contributed by atoms with Crippen LogP contribution in [0.15, 0.2) is 24.7 Å². The van der Waals surface area contributed by atoms with Gasteiger partial charge < -0.3 is 9.47 Å². The SMILES string of the molecule is C=C1CCCC(=C)OC(=O)O1. The first kappa shape index (κ1) is 7.85. The van der Waals surface area contributed by atoms with Crippen LogP contribution >= 0.6 is 0 Å². The Morgan fingerprint density at radius 3 is 2.00 bits per heavy atom. The molecule has 0 atom stereocenters. The fourth-order valence-electron chi connectivity index (χ4n) is 0.841. The lowest BCUT2D eigenvalue weighted by molar-refractivity contribution is 0.0918. The summed E-state index contributed by atoms with van der Waals surface area (Å²) in [4.78, 5) is 10.7. The Kier molecular flexibility index (Phi) is 2.31. The zero-order valence-electron chi connectivity index (χ0n) is 6.26. The highest BCUT2D eigenvalue weighted by Crippen LogP contribution is 2.16. The van der Waals surface area contributed by atoms with E-state index in [9.17, 15) is 4.79 Å². The molecule has 0 aromatic carbocycles. The summed E-state index contributed by atoms with van der Waals surface area (Å²) < 4.78 is 9.29. The van der Waals surface area contributed by atoms with Gasteiger partial charge in [0.05, 0.1) is 0 Å². The molecule has 1 rings (SSSR count). The third kappa shape index (κ3) is 2.45. The Morgan fingerprint density at radius 2 is 1.55 bits per heavy atom. The maximum Gasteiger partial charge on any atom is 0.518 e. The summed E-state index contributed by atoms with van der Waals surface area (Å²) in [6.07, 6.45) is 1.52. The van der Waals surface area contributed by atoms with E-state index in [0.717, 1.165) is 6.42 Å². The molecular weight excluding hydrogens is 144 g/mol. The van der Waals surface area contributed by atoms with Gasteiger partial charge in [0, 0.05) is 12.8 Å². The maximum atomic E-state index is 10.7. The third-order valence-corrected chi connectivity index (χ3v) is 1.37. The molecule has 1 aliphatic rings. The van der Waals surface area contributed by atoms with Crippen molar-refractivity contribution in [2.75, 3.05) is 0 Å². The molecule has 0 saturated carbocycles. The second-order valence-electron chi connectivity index (χ2n) is 2.39. The molecule has 1 aliphatic heterocycles. The Hall–Kier alpha value is -1.25. The predicted octanol–water partition coefficient (Wildman–Crippen LogP) is 2.35. The van der Waals surface area contributed by atoms with Gasteiger partial charge in [-0.3, -0.25) is 0 Å². The lowest BCUT2D eigenvalue weighted by atomic mass is 10.2. The highest BCUT2D eigenvalue weighted by Gasteiger charge is 2.12. The van der Waals surface area contributed by atoms with Gasteiger partial charge in [-0.25, -0.2) is 4.79 Å². The van der Waals surface area contributed by atoms with Crippen molar-refractivity contribution < 1.29 is 14.3 Å². The van der Waals surface area contributed by atoms with Crippen molar-refractivity contribution in [1.82, 2.24) is 0 Å². The zero-order valence-corrected chi connectivity index (χ0v) is 6.26. The van der Waals surface area contributed by atoms with E-state index in [1.165, 1.54) is 0 Å². The molecule has 0 aromatic rings. The molecule has 0 radical (unpaired) electrons. The summed E-state index contributed by atoms with van der Waals surface area (Å²) >= 11 is 0. The van der Waals surface area contributed by atoms with Gasteiger partial charge >= 0.3 is 6.16 Å². The molecule has 0 amide bonds. The lowest BCUT2D eigenvalue weighted by Crippen LogP contribution is -2.09. The number of hydrogen-bond donors (Lipinski definition) is 0. The summed E-state index contributed by atoms with van der Waals surface area (Å²) in [7, 11) is 0. The van der Waals surface area contributed by atoms with Crippen molar-refractivity contribution in [1.29, 1.82) is 0 Å². The van der Waals surface area contributed by atoms with Gasteiger partial charge in [0.15, 0.2) is 0 Å². The number of rotatable bonds is 0. The minimum Gasteiger partial charge on any atom is -0.400 e. The van der Waals surface area contributed by atoms with E-state index in [1.807, 2.05) is 0 Å². The number of allylic oxidation sites excluding steroid dienone is 2. The van der Waals surface area contributed by atoms with Gasteiger partial charge in [-0.15, -0.1) is 0 Å². The third-order valence-electron chi connectivity index (χ3n) is 1.37. The number of hydrogen-bond acceptors (Lipinski definition) is 3. The number of carbonyl (C=O) groups is 1. The van der Waals surface area contributed by atoms with Crippen LogP contribution in [0.25, 0.3) is 0 Å². The van der Waals surface area contributed by atoms with Gasteiger partial charge in [0.1, 0.15) is 11.5 Å². The van der Waals surface area contributed by atoms with E-state index in [-0.39, 0.29) is 0 Å². The quantitative estimate of drug-likeness (QED) is 0.502. The monoisotopic (exact) mass is 154 g/mol. The smallest absolute Gasteiger partial charge is 0.400 e. The first-order chi connectivity index (χ1) is 5.18. The molecule has 0 aromatic heterocycles.